The smallest absolute Gasteiger partial charge is 0.336 e. The van der Waals surface area contributed by atoms with Gasteiger partial charge in [0.05, 0.1) is 18.9 Å². The number of nitrogens with zero attached hydrogens (tertiary/aromatic N) is 3. The van der Waals surface area contributed by atoms with Gasteiger partial charge in [-0.3, -0.25) is 4.81 Å². The number of pyridine rings is 1. The second-order valence-electron chi connectivity index (χ2n) is 9.31. The van der Waals surface area contributed by atoms with Crippen LogP contribution in [0.1, 0.15) is 27.8 Å². The van der Waals surface area contributed by atoms with E-state index in [1.807, 2.05) is 0 Å². The van der Waals surface area contributed by atoms with E-state index in [0.717, 1.165) is 0 Å². The van der Waals surface area contributed by atoms with Crippen molar-refractivity contribution in [3.05, 3.63) is 107 Å². The van der Waals surface area contributed by atoms with E-state index in [1.54, 1.807) is 0 Å². The molecule has 4 heteroatoms. The summed E-state index contributed by atoms with van der Waals surface area (Å²) in [6.07, 6.45) is 2.25. The van der Waals surface area contributed by atoms with Crippen molar-refractivity contribution in [2.75, 3.05) is 9.62 Å². The number of hydrogen-bond acceptors (Lipinski definition) is 2. The van der Waals surface area contributed by atoms with Crippen molar-refractivity contribution in [1.82, 2.24) is 0 Å². The van der Waals surface area contributed by atoms with E-state index in [1.165, 1.54) is 56.2 Å². The first-order valence-electron chi connectivity index (χ1n) is 11.6. The fourth-order valence-electron chi connectivity index (χ4n) is 5.23. The number of anilines is 4. The molecule has 3 nitrogen and oxygen atoms in total. The van der Waals surface area contributed by atoms with Gasteiger partial charge in [-0.2, -0.15) is 0 Å². The molecule has 164 valence electrons. The Morgan fingerprint density at radius 3 is 1.97 bits per heavy atom. The Bertz CT molecular complexity index is 1330. The molecule has 4 aromatic rings. The topological polar surface area (TPSA) is 10.4 Å². The first-order valence-corrected chi connectivity index (χ1v) is 11.6. The van der Waals surface area contributed by atoms with E-state index in [-0.39, 0.29) is 6.98 Å². The monoisotopic (exact) mass is 432 g/mol. The molecule has 2 heterocycles. The third kappa shape index (κ3) is 3.41. The predicted molar refractivity (Wildman–Crippen MR) is 140 cm³/mol. The number of para-hydroxylation sites is 2. The Hall–Kier alpha value is -3.53. The highest BCUT2D eigenvalue weighted by atomic mass is 15.3. The maximum atomic E-state index is 2.54. The highest BCUT2D eigenvalue weighted by Crippen LogP contribution is 2.47. The van der Waals surface area contributed by atoms with Gasteiger partial charge in [0, 0.05) is 17.2 Å². The number of rotatable bonds is 3. The van der Waals surface area contributed by atoms with Crippen molar-refractivity contribution in [3.8, 4) is 0 Å². The number of benzene rings is 3. The van der Waals surface area contributed by atoms with Crippen molar-refractivity contribution >= 4 is 35.3 Å². The molecule has 0 amide bonds. The molecule has 1 aliphatic heterocycles. The van der Waals surface area contributed by atoms with Gasteiger partial charge in [0.2, 0.25) is 0 Å². The maximum absolute atomic E-state index is 2.54. The van der Waals surface area contributed by atoms with Gasteiger partial charge in [-0.15, -0.1) is 0 Å². The molecule has 0 atom stereocenters. The third-order valence-corrected chi connectivity index (χ3v) is 7.00. The summed E-state index contributed by atoms with van der Waals surface area (Å²) in [7, 11) is 2.16. The zero-order chi connectivity index (χ0) is 23.3. The van der Waals surface area contributed by atoms with Crippen molar-refractivity contribution in [2.24, 2.45) is 7.05 Å². The van der Waals surface area contributed by atoms with E-state index in [4.69, 9.17) is 0 Å². The summed E-state index contributed by atoms with van der Waals surface area (Å²) in [6.45, 7) is 11.1. The summed E-state index contributed by atoms with van der Waals surface area (Å²) in [5.74, 6) is 1.19. The van der Waals surface area contributed by atoms with Crippen LogP contribution in [0, 0.1) is 34.6 Å². The van der Waals surface area contributed by atoms with Crippen LogP contribution in [0.2, 0.25) is 0 Å². The molecule has 3 aromatic carbocycles. The minimum atomic E-state index is 0.0120. The van der Waals surface area contributed by atoms with E-state index in [2.05, 4.69) is 135 Å². The minimum Gasteiger partial charge on any atom is -0.336 e. The summed E-state index contributed by atoms with van der Waals surface area (Å²) >= 11 is 0. The van der Waals surface area contributed by atoms with Crippen LogP contribution >= 0.6 is 0 Å². The van der Waals surface area contributed by atoms with E-state index >= 15 is 0 Å². The zero-order valence-corrected chi connectivity index (χ0v) is 20.4. The number of aryl methyl sites for hydroxylation is 6. The Balaban J connectivity index is 1.88. The molecule has 0 unspecified atom stereocenters. The lowest BCUT2D eigenvalue weighted by atomic mass is 9.61. The Morgan fingerprint density at radius 2 is 1.27 bits per heavy atom. The van der Waals surface area contributed by atoms with Crippen LogP contribution in [0.4, 0.5) is 22.9 Å². The van der Waals surface area contributed by atoms with Gasteiger partial charge in [-0.1, -0.05) is 48.5 Å². The molecular weight excluding hydrogens is 401 g/mol. The molecule has 0 N–H and O–H groups in total. The van der Waals surface area contributed by atoms with Crippen LogP contribution < -0.4 is 19.7 Å². The van der Waals surface area contributed by atoms with Crippen molar-refractivity contribution in [3.63, 3.8) is 0 Å². The first-order chi connectivity index (χ1) is 15.9. The van der Waals surface area contributed by atoms with Crippen LogP contribution in [0.3, 0.4) is 0 Å². The molecule has 1 aromatic heterocycles. The fourth-order valence-corrected chi connectivity index (χ4v) is 5.23. The van der Waals surface area contributed by atoms with Crippen LogP contribution in [-0.4, -0.2) is 6.98 Å². The predicted octanol–water partition coefficient (Wildman–Crippen LogP) is 5.74. The lowest BCUT2D eigenvalue weighted by Crippen LogP contribution is -2.57. The van der Waals surface area contributed by atoms with Crippen LogP contribution in [0.5, 0.6) is 0 Å². The lowest BCUT2D eigenvalue weighted by Gasteiger charge is -2.27. The molecule has 0 saturated carbocycles. The lowest BCUT2D eigenvalue weighted by molar-refractivity contribution is -0.658. The summed E-state index contributed by atoms with van der Waals surface area (Å²) in [5.41, 5.74) is 11.6. The van der Waals surface area contributed by atoms with Gasteiger partial charge in [-0.05, 0) is 80.6 Å². The van der Waals surface area contributed by atoms with Crippen LogP contribution in [0.25, 0.3) is 0 Å². The highest BCUT2D eigenvalue weighted by Gasteiger charge is 2.52. The van der Waals surface area contributed by atoms with Gasteiger partial charge in [0.25, 0.3) is 5.82 Å². The summed E-state index contributed by atoms with van der Waals surface area (Å²) in [4.78, 5) is 5.05. The quantitative estimate of drug-likeness (QED) is 0.302. The molecule has 0 saturated heterocycles. The van der Waals surface area contributed by atoms with E-state index < -0.39 is 0 Å². The number of hydrogen-bond donors (Lipinski definition) is 0. The van der Waals surface area contributed by atoms with Crippen LogP contribution in [-0.2, 0) is 7.05 Å². The molecule has 0 spiro atoms. The Labute approximate surface area is 198 Å². The molecule has 0 radical (unpaired) electrons. The molecule has 0 bridgehead atoms. The van der Waals surface area contributed by atoms with Gasteiger partial charge in [0.1, 0.15) is 5.69 Å². The van der Waals surface area contributed by atoms with Gasteiger partial charge >= 0.3 is 6.98 Å². The second kappa shape index (κ2) is 8.11. The normalized spacial score (nSPS) is 13.0. The number of aromatic nitrogens is 1. The summed E-state index contributed by atoms with van der Waals surface area (Å²) in [6, 6.07) is 26.4. The van der Waals surface area contributed by atoms with E-state index in [0.29, 0.717) is 0 Å². The van der Waals surface area contributed by atoms with Gasteiger partial charge in [-0.25, -0.2) is 4.57 Å². The van der Waals surface area contributed by atoms with Crippen LogP contribution in [0.15, 0.2) is 79.0 Å². The number of fused-ring (bicyclic) bond motifs is 1. The Morgan fingerprint density at radius 1 is 0.636 bits per heavy atom. The largest absolute Gasteiger partial charge is 0.542 e. The molecule has 0 fully saturated rings. The second-order valence-corrected chi connectivity index (χ2v) is 9.31. The van der Waals surface area contributed by atoms with Gasteiger partial charge in [0.15, 0.2) is 0 Å². The van der Waals surface area contributed by atoms with Gasteiger partial charge < -0.3 is 4.81 Å². The van der Waals surface area contributed by atoms with E-state index in [9.17, 15) is 0 Å². The van der Waals surface area contributed by atoms with Crippen molar-refractivity contribution in [1.29, 1.82) is 0 Å². The molecule has 1 aliphatic rings. The SMILES string of the molecule is Cc1cc(N2B(c3c(C)cccc3C)N(c3ccccc3)c3cccc(C)c32)[n+](C)cc1C. The van der Waals surface area contributed by atoms with Crippen molar-refractivity contribution in [2.45, 2.75) is 34.6 Å². The molecule has 0 aliphatic carbocycles. The molecule has 5 rings (SSSR count). The fraction of sp³-hybridized carbons (Fsp3) is 0.207. The highest BCUT2D eigenvalue weighted by molar-refractivity contribution is 6.85. The zero-order valence-electron chi connectivity index (χ0n) is 20.4. The van der Waals surface area contributed by atoms with Crippen molar-refractivity contribution < 1.29 is 4.57 Å². The first kappa shape index (κ1) is 21.3. The average molecular weight is 432 g/mol. The molecule has 33 heavy (non-hydrogen) atoms. The standard InChI is InChI=1S/C29H31BN3/c1-20-12-10-13-21(2)28(20)30-32(25-15-8-7-9-16-25)26-17-11-14-22(3)29(26)33(30)27-18-23(4)24(5)19-31(27)6/h7-19H,1-6H3/q+1. The summed E-state index contributed by atoms with van der Waals surface area (Å²) in [5, 5.41) is 0. The maximum Gasteiger partial charge on any atom is 0.542 e. The minimum absolute atomic E-state index is 0.0120. The average Bonchev–Trinajstić information content (AvgIpc) is 3.12. The third-order valence-electron chi connectivity index (χ3n) is 7.00. The Kier molecular flexibility index (Phi) is 5.24. The summed E-state index contributed by atoms with van der Waals surface area (Å²) < 4.78 is 2.27. The molecular formula is C29H31BN3+.